The van der Waals surface area contributed by atoms with Crippen molar-refractivity contribution in [1.82, 2.24) is 15.2 Å². The van der Waals surface area contributed by atoms with Crippen molar-refractivity contribution < 1.29 is 4.39 Å². The molecule has 0 spiro atoms. The monoisotopic (exact) mass is 308 g/mol. The lowest BCUT2D eigenvalue weighted by atomic mass is 10.3. The Morgan fingerprint density at radius 1 is 1.35 bits per heavy atom. The third kappa shape index (κ3) is 2.81. The molecule has 0 fully saturated rings. The van der Waals surface area contributed by atoms with E-state index in [4.69, 9.17) is 11.6 Å². The van der Waals surface area contributed by atoms with Gasteiger partial charge < -0.3 is 5.32 Å². The molecule has 0 saturated heterocycles. The number of rotatable bonds is 4. The third-order valence-corrected chi connectivity index (χ3v) is 3.83. The lowest BCUT2D eigenvalue weighted by molar-refractivity contribution is 0.628. The summed E-state index contributed by atoms with van der Waals surface area (Å²) in [4.78, 5) is 5.39. The Kier molecular flexibility index (Phi) is 3.66. The average Bonchev–Trinajstić information content (AvgIpc) is 3.08. The molecule has 20 heavy (non-hydrogen) atoms. The van der Waals surface area contributed by atoms with Gasteiger partial charge in [0, 0.05) is 0 Å². The van der Waals surface area contributed by atoms with Crippen molar-refractivity contribution >= 4 is 28.6 Å². The molecular weight excluding hydrogens is 299 g/mol. The Morgan fingerprint density at radius 3 is 3.00 bits per heavy atom. The molecule has 0 radical (unpaired) electrons. The van der Waals surface area contributed by atoms with Crippen LogP contribution in [-0.2, 0) is 6.54 Å². The van der Waals surface area contributed by atoms with Gasteiger partial charge in [0.1, 0.15) is 11.6 Å². The molecule has 2 heterocycles. The Hall–Kier alpha value is -1.92. The van der Waals surface area contributed by atoms with Crippen LogP contribution in [0.3, 0.4) is 0 Å². The number of benzene rings is 1. The Bertz CT molecular complexity index is 711. The normalized spacial score (nSPS) is 10.7. The second-order valence-corrected chi connectivity index (χ2v) is 5.42. The molecule has 4 nitrogen and oxygen atoms in total. The summed E-state index contributed by atoms with van der Waals surface area (Å²) < 4.78 is 12.9. The SMILES string of the molecule is Fc1ccc(NCc2nc(-c3cccs3)n[nH]2)c(Cl)c1. The summed E-state index contributed by atoms with van der Waals surface area (Å²) in [7, 11) is 0. The van der Waals surface area contributed by atoms with E-state index in [-0.39, 0.29) is 5.82 Å². The molecule has 3 aromatic rings. The summed E-state index contributed by atoms with van der Waals surface area (Å²) in [6.07, 6.45) is 0. The van der Waals surface area contributed by atoms with Gasteiger partial charge in [0.2, 0.25) is 0 Å². The molecule has 0 aliphatic carbocycles. The van der Waals surface area contributed by atoms with E-state index in [1.54, 1.807) is 17.4 Å². The Labute approximate surface area is 123 Å². The van der Waals surface area contributed by atoms with Crippen LogP contribution in [0.4, 0.5) is 10.1 Å². The van der Waals surface area contributed by atoms with Gasteiger partial charge in [-0.25, -0.2) is 9.37 Å². The van der Waals surface area contributed by atoms with Crippen LogP contribution in [0, 0.1) is 5.82 Å². The summed E-state index contributed by atoms with van der Waals surface area (Å²) in [6.45, 7) is 0.434. The van der Waals surface area contributed by atoms with Crippen molar-refractivity contribution in [3.05, 3.63) is 52.4 Å². The average molecular weight is 309 g/mol. The molecule has 0 aliphatic heterocycles. The Morgan fingerprint density at radius 2 is 2.25 bits per heavy atom. The molecule has 2 aromatic heterocycles. The van der Waals surface area contributed by atoms with Crippen LogP contribution in [0.2, 0.25) is 5.02 Å². The second kappa shape index (κ2) is 5.60. The minimum Gasteiger partial charge on any atom is -0.377 e. The lowest BCUT2D eigenvalue weighted by Gasteiger charge is -2.06. The van der Waals surface area contributed by atoms with Crippen molar-refractivity contribution in [2.75, 3.05) is 5.32 Å². The zero-order valence-electron chi connectivity index (χ0n) is 10.2. The van der Waals surface area contributed by atoms with Gasteiger partial charge in [0.05, 0.1) is 22.1 Å². The zero-order valence-corrected chi connectivity index (χ0v) is 11.8. The Balaban J connectivity index is 1.70. The maximum absolute atomic E-state index is 12.9. The summed E-state index contributed by atoms with van der Waals surface area (Å²) in [5.41, 5.74) is 0.655. The summed E-state index contributed by atoms with van der Waals surface area (Å²) >= 11 is 7.51. The fourth-order valence-electron chi connectivity index (χ4n) is 1.70. The predicted octanol–water partition coefficient (Wildman–Crippen LogP) is 3.94. The zero-order chi connectivity index (χ0) is 13.9. The van der Waals surface area contributed by atoms with Crippen LogP contribution in [0.15, 0.2) is 35.7 Å². The highest BCUT2D eigenvalue weighted by Crippen LogP contribution is 2.23. The molecule has 0 unspecified atom stereocenters. The number of nitrogens with zero attached hydrogens (tertiary/aromatic N) is 2. The molecule has 2 N–H and O–H groups in total. The van der Waals surface area contributed by atoms with Gasteiger partial charge in [-0.3, -0.25) is 5.10 Å². The highest BCUT2D eigenvalue weighted by atomic mass is 35.5. The van der Waals surface area contributed by atoms with Gasteiger partial charge in [0.25, 0.3) is 0 Å². The van der Waals surface area contributed by atoms with Crippen LogP contribution in [0.25, 0.3) is 10.7 Å². The number of H-pyrrole nitrogens is 1. The second-order valence-electron chi connectivity index (χ2n) is 4.06. The highest BCUT2D eigenvalue weighted by molar-refractivity contribution is 7.13. The van der Waals surface area contributed by atoms with Crippen LogP contribution in [-0.4, -0.2) is 15.2 Å². The molecule has 0 atom stereocenters. The van der Waals surface area contributed by atoms with E-state index in [1.807, 2.05) is 17.5 Å². The molecular formula is C13H10ClFN4S. The minimum absolute atomic E-state index is 0.336. The smallest absolute Gasteiger partial charge is 0.191 e. The van der Waals surface area contributed by atoms with E-state index in [1.165, 1.54) is 12.1 Å². The van der Waals surface area contributed by atoms with Crippen molar-refractivity contribution in [2.24, 2.45) is 0 Å². The van der Waals surface area contributed by atoms with Crippen molar-refractivity contribution in [2.45, 2.75) is 6.54 Å². The molecule has 7 heteroatoms. The third-order valence-electron chi connectivity index (χ3n) is 2.65. The minimum atomic E-state index is -0.361. The van der Waals surface area contributed by atoms with Crippen LogP contribution >= 0.6 is 22.9 Å². The van der Waals surface area contributed by atoms with Gasteiger partial charge >= 0.3 is 0 Å². The first-order chi connectivity index (χ1) is 9.72. The van der Waals surface area contributed by atoms with Crippen molar-refractivity contribution in [3.63, 3.8) is 0 Å². The number of halogens is 2. The molecule has 0 saturated carbocycles. The quantitative estimate of drug-likeness (QED) is 0.767. The fraction of sp³-hybridized carbons (Fsp3) is 0.0769. The van der Waals surface area contributed by atoms with Gasteiger partial charge in [-0.2, -0.15) is 5.10 Å². The number of hydrogen-bond donors (Lipinski definition) is 2. The van der Waals surface area contributed by atoms with E-state index in [0.717, 1.165) is 4.88 Å². The molecule has 0 bridgehead atoms. The number of hydrogen-bond acceptors (Lipinski definition) is 4. The van der Waals surface area contributed by atoms with Gasteiger partial charge in [-0.15, -0.1) is 11.3 Å². The number of aromatic amines is 1. The molecule has 1 aromatic carbocycles. The summed E-state index contributed by atoms with van der Waals surface area (Å²) in [5.74, 6) is 0.996. The number of nitrogens with one attached hydrogen (secondary N) is 2. The number of thiophene rings is 1. The van der Waals surface area contributed by atoms with E-state index in [9.17, 15) is 4.39 Å². The van der Waals surface area contributed by atoms with Gasteiger partial charge in [0.15, 0.2) is 5.82 Å². The van der Waals surface area contributed by atoms with Crippen molar-refractivity contribution in [3.8, 4) is 10.7 Å². The van der Waals surface area contributed by atoms with Crippen LogP contribution < -0.4 is 5.32 Å². The van der Waals surface area contributed by atoms with Gasteiger partial charge in [-0.1, -0.05) is 17.7 Å². The highest BCUT2D eigenvalue weighted by Gasteiger charge is 2.07. The van der Waals surface area contributed by atoms with E-state index >= 15 is 0 Å². The van der Waals surface area contributed by atoms with Crippen LogP contribution in [0.1, 0.15) is 5.82 Å². The fourth-order valence-corrected chi connectivity index (χ4v) is 2.59. The first-order valence-electron chi connectivity index (χ1n) is 5.86. The largest absolute Gasteiger partial charge is 0.377 e. The lowest BCUT2D eigenvalue weighted by Crippen LogP contribution is -2.02. The number of anilines is 1. The molecule has 3 rings (SSSR count). The standard InChI is InChI=1S/C13H10ClFN4S/c14-9-6-8(15)3-4-10(9)16-7-12-17-13(19-18-12)11-2-1-5-20-11/h1-6,16H,7H2,(H,17,18,19). The predicted molar refractivity (Wildman–Crippen MR) is 78.4 cm³/mol. The maximum atomic E-state index is 12.9. The maximum Gasteiger partial charge on any atom is 0.191 e. The van der Waals surface area contributed by atoms with Gasteiger partial charge in [-0.05, 0) is 29.6 Å². The summed E-state index contributed by atoms with van der Waals surface area (Å²) in [6, 6.07) is 8.12. The number of aromatic nitrogens is 3. The summed E-state index contributed by atoms with van der Waals surface area (Å²) in [5, 5.41) is 12.4. The topological polar surface area (TPSA) is 53.6 Å². The molecule has 0 amide bonds. The first kappa shape index (κ1) is 13.1. The van der Waals surface area contributed by atoms with E-state index in [2.05, 4.69) is 20.5 Å². The van der Waals surface area contributed by atoms with Crippen molar-refractivity contribution in [1.29, 1.82) is 0 Å². The van der Waals surface area contributed by atoms with E-state index in [0.29, 0.717) is 28.9 Å². The van der Waals surface area contributed by atoms with E-state index < -0.39 is 0 Å². The van der Waals surface area contributed by atoms with Crippen LogP contribution in [0.5, 0.6) is 0 Å². The molecule has 102 valence electrons. The first-order valence-corrected chi connectivity index (χ1v) is 7.12. The molecule has 0 aliphatic rings.